The fourth-order valence-electron chi connectivity index (χ4n) is 2.08. The van der Waals surface area contributed by atoms with Gasteiger partial charge in [0.15, 0.2) is 12.1 Å². The minimum Gasteiger partial charge on any atom is -0.356 e. The molecule has 1 saturated heterocycles. The van der Waals surface area contributed by atoms with Gasteiger partial charge < -0.3 is 4.74 Å². The van der Waals surface area contributed by atoms with Gasteiger partial charge in [-0.2, -0.15) is 0 Å². The predicted molar refractivity (Wildman–Crippen MR) is 72.0 cm³/mol. The maximum absolute atomic E-state index is 5.69. The van der Waals surface area contributed by atoms with Crippen molar-refractivity contribution in [3.05, 3.63) is 35.1 Å². The zero-order valence-electron chi connectivity index (χ0n) is 9.92. The molecular weight excluding hydrogens is 294 g/mol. The molecule has 0 N–H and O–H groups in total. The van der Waals surface area contributed by atoms with Crippen molar-refractivity contribution in [2.24, 2.45) is 0 Å². The maximum Gasteiger partial charge on any atom is 0.181 e. The number of nitrogens with zero attached hydrogens (tertiary/aromatic N) is 3. The van der Waals surface area contributed by atoms with E-state index in [4.69, 9.17) is 4.74 Å². The van der Waals surface area contributed by atoms with E-state index in [-0.39, 0.29) is 6.23 Å². The van der Waals surface area contributed by atoms with Crippen LogP contribution in [0, 0.1) is 0 Å². The van der Waals surface area contributed by atoms with Crippen molar-refractivity contribution in [2.75, 3.05) is 6.61 Å². The van der Waals surface area contributed by atoms with Crippen LogP contribution in [-0.2, 0) is 4.74 Å². The third kappa shape index (κ3) is 2.47. The number of halogens is 1. The number of rotatable bonds is 2. The van der Waals surface area contributed by atoms with Crippen LogP contribution in [-0.4, -0.2) is 21.4 Å². The normalized spacial score (nSPS) is 19.9. The molecule has 1 aromatic carbocycles. The number of ether oxygens (including phenoxy) is 1. The molecular formula is C13H14BrN3O. The van der Waals surface area contributed by atoms with Crippen molar-refractivity contribution >= 4 is 15.9 Å². The van der Waals surface area contributed by atoms with Gasteiger partial charge >= 0.3 is 0 Å². The summed E-state index contributed by atoms with van der Waals surface area (Å²) in [6, 6.07) is 8.00. The summed E-state index contributed by atoms with van der Waals surface area (Å²) < 4.78 is 8.57. The molecule has 1 aromatic heterocycles. The van der Waals surface area contributed by atoms with E-state index in [1.807, 2.05) is 28.9 Å². The second-order valence-electron chi connectivity index (χ2n) is 4.38. The van der Waals surface area contributed by atoms with E-state index in [2.05, 4.69) is 26.0 Å². The van der Waals surface area contributed by atoms with Crippen LogP contribution in [0.2, 0.25) is 0 Å². The van der Waals surface area contributed by atoms with Crippen molar-refractivity contribution in [2.45, 2.75) is 25.5 Å². The first-order chi connectivity index (χ1) is 8.83. The van der Waals surface area contributed by atoms with E-state index in [0.717, 1.165) is 35.3 Å². The molecule has 0 saturated carbocycles. The quantitative estimate of drug-likeness (QED) is 0.853. The Balaban J connectivity index is 1.82. The smallest absolute Gasteiger partial charge is 0.181 e. The van der Waals surface area contributed by atoms with Crippen LogP contribution in [0.15, 0.2) is 35.1 Å². The van der Waals surface area contributed by atoms with Crippen molar-refractivity contribution in [1.82, 2.24) is 14.8 Å². The minimum atomic E-state index is 0.0513. The summed E-state index contributed by atoms with van der Waals surface area (Å²) >= 11 is 3.42. The van der Waals surface area contributed by atoms with Crippen LogP contribution in [0.5, 0.6) is 0 Å². The van der Waals surface area contributed by atoms with Gasteiger partial charge in [0.25, 0.3) is 0 Å². The Morgan fingerprint density at radius 3 is 2.78 bits per heavy atom. The van der Waals surface area contributed by atoms with Crippen LogP contribution >= 0.6 is 15.9 Å². The van der Waals surface area contributed by atoms with E-state index in [1.165, 1.54) is 6.42 Å². The molecule has 2 aromatic rings. The lowest BCUT2D eigenvalue weighted by molar-refractivity contribution is -0.0395. The van der Waals surface area contributed by atoms with Crippen molar-refractivity contribution < 1.29 is 4.74 Å². The highest BCUT2D eigenvalue weighted by atomic mass is 79.9. The molecule has 18 heavy (non-hydrogen) atoms. The topological polar surface area (TPSA) is 39.9 Å². The zero-order valence-corrected chi connectivity index (χ0v) is 11.5. The first-order valence-corrected chi connectivity index (χ1v) is 6.91. The second kappa shape index (κ2) is 5.20. The highest BCUT2D eigenvalue weighted by Gasteiger charge is 2.17. The standard InChI is InChI=1S/C13H14BrN3O/c14-11-6-4-10(5-7-11)13-15-9-17(16-13)12-3-1-2-8-18-12/h4-7,9,12H,1-3,8H2. The Morgan fingerprint density at radius 2 is 2.06 bits per heavy atom. The summed E-state index contributed by atoms with van der Waals surface area (Å²) in [7, 11) is 0. The van der Waals surface area contributed by atoms with Gasteiger partial charge in [-0.3, -0.25) is 0 Å². The van der Waals surface area contributed by atoms with E-state index in [1.54, 1.807) is 6.33 Å². The summed E-state index contributed by atoms with van der Waals surface area (Å²) in [6.07, 6.45) is 5.16. The number of hydrogen-bond donors (Lipinski definition) is 0. The van der Waals surface area contributed by atoms with Crippen LogP contribution < -0.4 is 0 Å². The summed E-state index contributed by atoms with van der Waals surface area (Å²) in [6.45, 7) is 0.818. The molecule has 1 unspecified atom stereocenters. The Kier molecular flexibility index (Phi) is 3.43. The Hall–Kier alpha value is -1.20. The molecule has 0 bridgehead atoms. The SMILES string of the molecule is Brc1ccc(-c2ncn(C3CCCCO3)n2)cc1. The number of aromatic nitrogens is 3. The van der Waals surface area contributed by atoms with E-state index < -0.39 is 0 Å². The molecule has 0 spiro atoms. The zero-order chi connectivity index (χ0) is 12.4. The van der Waals surface area contributed by atoms with Gasteiger partial charge in [0.2, 0.25) is 0 Å². The first kappa shape index (κ1) is 11.9. The van der Waals surface area contributed by atoms with Gasteiger partial charge in [0.05, 0.1) is 0 Å². The fraction of sp³-hybridized carbons (Fsp3) is 0.385. The Labute approximate surface area is 114 Å². The predicted octanol–water partition coefficient (Wildman–Crippen LogP) is 3.41. The van der Waals surface area contributed by atoms with E-state index >= 15 is 0 Å². The lowest BCUT2D eigenvalue weighted by Crippen LogP contribution is -2.18. The van der Waals surface area contributed by atoms with Crippen LogP contribution in [0.1, 0.15) is 25.5 Å². The lowest BCUT2D eigenvalue weighted by Gasteiger charge is -2.21. The lowest BCUT2D eigenvalue weighted by atomic mass is 10.2. The molecule has 1 aliphatic heterocycles. The molecule has 0 radical (unpaired) electrons. The molecule has 3 rings (SSSR count). The molecule has 1 fully saturated rings. The molecule has 0 amide bonds. The first-order valence-electron chi connectivity index (χ1n) is 6.11. The average Bonchev–Trinajstić information content (AvgIpc) is 2.90. The molecule has 1 aliphatic rings. The molecule has 94 valence electrons. The van der Waals surface area contributed by atoms with Crippen molar-refractivity contribution in [3.8, 4) is 11.4 Å². The van der Waals surface area contributed by atoms with E-state index in [9.17, 15) is 0 Å². The third-order valence-corrected chi connectivity index (χ3v) is 3.59. The van der Waals surface area contributed by atoms with Crippen LogP contribution in [0.25, 0.3) is 11.4 Å². The fourth-order valence-corrected chi connectivity index (χ4v) is 2.34. The van der Waals surface area contributed by atoms with Gasteiger partial charge in [-0.1, -0.05) is 28.1 Å². The highest BCUT2D eigenvalue weighted by molar-refractivity contribution is 9.10. The average molecular weight is 308 g/mol. The number of benzene rings is 1. The molecule has 1 atom stereocenters. The van der Waals surface area contributed by atoms with Crippen LogP contribution in [0.4, 0.5) is 0 Å². The van der Waals surface area contributed by atoms with Crippen LogP contribution in [0.3, 0.4) is 0 Å². The largest absolute Gasteiger partial charge is 0.356 e. The maximum atomic E-state index is 5.69. The van der Waals surface area contributed by atoms with Gasteiger partial charge in [0.1, 0.15) is 6.33 Å². The molecule has 0 aliphatic carbocycles. The summed E-state index contributed by atoms with van der Waals surface area (Å²) in [5, 5.41) is 4.50. The van der Waals surface area contributed by atoms with Crippen molar-refractivity contribution in [3.63, 3.8) is 0 Å². The molecule has 4 nitrogen and oxygen atoms in total. The van der Waals surface area contributed by atoms with Gasteiger partial charge in [0, 0.05) is 16.6 Å². The van der Waals surface area contributed by atoms with E-state index in [0.29, 0.717) is 0 Å². The molecule has 2 heterocycles. The second-order valence-corrected chi connectivity index (χ2v) is 5.29. The highest BCUT2D eigenvalue weighted by Crippen LogP contribution is 2.23. The van der Waals surface area contributed by atoms with Gasteiger partial charge in [-0.15, -0.1) is 5.10 Å². The summed E-state index contributed by atoms with van der Waals surface area (Å²) in [5.41, 5.74) is 1.02. The third-order valence-electron chi connectivity index (χ3n) is 3.06. The summed E-state index contributed by atoms with van der Waals surface area (Å²) in [5.74, 6) is 0.747. The monoisotopic (exact) mass is 307 g/mol. The Morgan fingerprint density at radius 1 is 1.22 bits per heavy atom. The van der Waals surface area contributed by atoms with Gasteiger partial charge in [-0.25, -0.2) is 9.67 Å². The van der Waals surface area contributed by atoms with Crippen molar-refractivity contribution in [1.29, 1.82) is 0 Å². The number of hydrogen-bond acceptors (Lipinski definition) is 3. The minimum absolute atomic E-state index is 0.0513. The molecule has 5 heteroatoms. The Bertz CT molecular complexity index is 517. The van der Waals surface area contributed by atoms with Gasteiger partial charge in [-0.05, 0) is 31.4 Å². The summed E-state index contributed by atoms with van der Waals surface area (Å²) in [4.78, 5) is 4.35.